The molecule has 0 bridgehead atoms. The maximum atomic E-state index is 10.9. The number of rotatable bonds is 5. The van der Waals surface area contributed by atoms with E-state index in [-0.39, 0.29) is 5.92 Å². The Morgan fingerprint density at radius 1 is 0.968 bits per heavy atom. The normalized spacial score (nSPS) is 24.7. The fourth-order valence-corrected chi connectivity index (χ4v) is 5.06. The number of hydrogen-bond acceptors (Lipinski definition) is 6. The lowest BCUT2D eigenvalue weighted by Crippen LogP contribution is -2.52. The second kappa shape index (κ2) is 7.71. The molecule has 1 saturated heterocycles. The van der Waals surface area contributed by atoms with Crippen molar-refractivity contribution in [2.24, 2.45) is 5.92 Å². The Kier molecular flexibility index (Phi) is 4.71. The number of nitrogens with zero attached hydrogens (tertiary/aromatic N) is 6. The number of carbonyl (C=O) groups excluding carboxylic acids is 1. The zero-order valence-electron chi connectivity index (χ0n) is 17.7. The van der Waals surface area contributed by atoms with Gasteiger partial charge in [-0.1, -0.05) is 6.42 Å². The van der Waals surface area contributed by atoms with Crippen LogP contribution in [0.4, 0.5) is 5.69 Å². The molecule has 3 aromatic rings. The molecule has 3 heterocycles. The zero-order chi connectivity index (χ0) is 20.8. The van der Waals surface area contributed by atoms with Crippen LogP contribution in [-0.4, -0.2) is 63.2 Å². The Bertz CT molecular complexity index is 1090. The summed E-state index contributed by atoms with van der Waals surface area (Å²) in [4.78, 5) is 25.5. The first kappa shape index (κ1) is 18.9. The van der Waals surface area contributed by atoms with Crippen molar-refractivity contribution in [2.75, 3.05) is 31.1 Å². The monoisotopic (exact) mass is 416 g/mol. The van der Waals surface area contributed by atoms with E-state index in [2.05, 4.69) is 38.1 Å². The van der Waals surface area contributed by atoms with Crippen molar-refractivity contribution in [3.63, 3.8) is 0 Å². The minimum Gasteiger partial charge on any atom is -0.369 e. The van der Waals surface area contributed by atoms with Crippen LogP contribution in [0.1, 0.15) is 38.1 Å². The van der Waals surface area contributed by atoms with Crippen LogP contribution in [-0.2, 0) is 4.79 Å². The smallest absolute Gasteiger partial charge is 0.123 e. The van der Waals surface area contributed by atoms with E-state index in [0.29, 0.717) is 6.04 Å². The fraction of sp³-hybridized carbons (Fsp3) is 0.500. The molecule has 2 saturated carbocycles. The van der Waals surface area contributed by atoms with Gasteiger partial charge in [-0.25, -0.2) is 4.98 Å². The van der Waals surface area contributed by atoms with Crippen molar-refractivity contribution >= 4 is 23.0 Å². The van der Waals surface area contributed by atoms with Gasteiger partial charge < -0.3 is 9.69 Å². The SMILES string of the molecule is O=CC1CC(n2cc(-c3cnc4ccc(N5CCN(C6CCC6)CC5)cc4n3)cn2)C1. The van der Waals surface area contributed by atoms with Crippen LogP contribution in [0.15, 0.2) is 36.8 Å². The van der Waals surface area contributed by atoms with Crippen LogP contribution >= 0.6 is 0 Å². The molecule has 2 aliphatic carbocycles. The van der Waals surface area contributed by atoms with E-state index in [0.717, 1.165) is 73.6 Å². The van der Waals surface area contributed by atoms with E-state index in [1.54, 1.807) is 0 Å². The van der Waals surface area contributed by atoms with E-state index < -0.39 is 0 Å². The number of aldehydes is 1. The Morgan fingerprint density at radius 2 is 1.81 bits per heavy atom. The molecule has 0 radical (unpaired) electrons. The summed E-state index contributed by atoms with van der Waals surface area (Å²) >= 11 is 0. The molecule has 0 spiro atoms. The molecule has 160 valence electrons. The van der Waals surface area contributed by atoms with Gasteiger partial charge in [0.2, 0.25) is 0 Å². The third kappa shape index (κ3) is 3.51. The molecule has 31 heavy (non-hydrogen) atoms. The maximum Gasteiger partial charge on any atom is 0.123 e. The van der Waals surface area contributed by atoms with Crippen LogP contribution in [0.3, 0.4) is 0 Å². The van der Waals surface area contributed by atoms with Crippen LogP contribution < -0.4 is 4.90 Å². The van der Waals surface area contributed by atoms with Crippen LogP contribution in [0, 0.1) is 5.92 Å². The standard InChI is InChI=1S/C24H28N6O/c31-16-17-10-21(11-17)30-15-18(13-26-30)24-14-25-22-5-4-20(12-23(22)27-24)29-8-6-28(7-9-29)19-2-1-3-19/h4-5,12-17,19,21H,1-3,6-11H2. The molecule has 1 aliphatic heterocycles. The highest BCUT2D eigenvalue weighted by atomic mass is 16.1. The van der Waals surface area contributed by atoms with E-state index in [9.17, 15) is 4.79 Å². The maximum absolute atomic E-state index is 10.9. The molecule has 7 nitrogen and oxygen atoms in total. The molecule has 1 aromatic carbocycles. The lowest BCUT2D eigenvalue weighted by molar-refractivity contribution is -0.114. The molecule has 6 rings (SSSR count). The average Bonchev–Trinajstić information content (AvgIpc) is 3.21. The molecular weight excluding hydrogens is 388 g/mol. The van der Waals surface area contributed by atoms with E-state index >= 15 is 0 Å². The van der Waals surface area contributed by atoms with Gasteiger partial charge in [0.1, 0.15) is 6.29 Å². The second-order valence-corrected chi connectivity index (χ2v) is 9.27. The summed E-state index contributed by atoms with van der Waals surface area (Å²) in [5.74, 6) is 0.187. The van der Waals surface area contributed by atoms with Crippen molar-refractivity contribution in [3.05, 3.63) is 36.8 Å². The molecule has 2 aromatic heterocycles. The van der Waals surface area contributed by atoms with Gasteiger partial charge in [-0.15, -0.1) is 0 Å². The van der Waals surface area contributed by atoms with Gasteiger partial charge in [0.25, 0.3) is 0 Å². The highest BCUT2D eigenvalue weighted by Crippen LogP contribution is 2.36. The predicted molar refractivity (Wildman–Crippen MR) is 120 cm³/mol. The topological polar surface area (TPSA) is 67.2 Å². The number of anilines is 1. The van der Waals surface area contributed by atoms with E-state index in [4.69, 9.17) is 4.98 Å². The van der Waals surface area contributed by atoms with Crippen molar-refractivity contribution in [3.8, 4) is 11.3 Å². The molecule has 0 amide bonds. The van der Waals surface area contributed by atoms with Crippen LogP contribution in [0.2, 0.25) is 0 Å². The quantitative estimate of drug-likeness (QED) is 0.595. The Morgan fingerprint density at radius 3 is 2.55 bits per heavy atom. The van der Waals surface area contributed by atoms with Gasteiger partial charge in [-0.2, -0.15) is 5.10 Å². The molecule has 3 fully saturated rings. The van der Waals surface area contributed by atoms with Crippen molar-refractivity contribution in [1.82, 2.24) is 24.6 Å². The highest BCUT2D eigenvalue weighted by molar-refractivity contribution is 5.81. The summed E-state index contributed by atoms with van der Waals surface area (Å²) < 4.78 is 1.97. The number of benzene rings is 1. The Balaban J connectivity index is 1.19. The molecule has 7 heteroatoms. The summed E-state index contributed by atoms with van der Waals surface area (Å²) in [6.07, 6.45) is 12.7. The minimum absolute atomic E-state index is 0.187. The van der Waals surface area contributed by atoms with Crippen molar-refractivity contribution in [2.45, 2.75) is 44.2 Å². The highest BCUT2D eigenvalue weighted by Gasteiger charge is 2.31. The molecular formula is C24H28N6O. The summed E-state index contributed by atoms with van der Waals surface area (Å²) in [5, 5.41) is 4.51. The van der Waals surface area contributed by atoms with Crippen molar-refractivity contribution in [1.29, 1.82) is 0 Å². The summed E-state index contributed by atoms with van der Waals surface area (Å²) in [7, 11) is 0. The third-order valence-electron chi connectivity index (χ3n) is 7.41. The number of aromatic nitrogens is 4. The number of carbonyl (C=O) groups is 1. The number of piperazine rings is 1. The summed E-state index contributed by atoms with van der Waals surface area (Å²) in [5.41, 5.74) is 4.90. The summed E-state index contributed by atoms with van der Waals surface area (Å²) in [6, 6.07) is 7.58. The molecule has 3 aliphatic rings. The van der Waals surface area contributed by atoms with E-state index in [1.165, 1.54) is 24.9 Å². The summed E-state index contributed by atoms with van der Waals surface area (Å²) in [6.45, 7) is 4.45. The first-order valence-corrected chi connectivity index (χ1v) is 11.5. The number of fused-ring (bicyclic) bond motifs is 1. The largest absolute Gasteiger partial charge is 0.369 e. The van der Waals surface area contributed by atoms with E-state index in [1.807, 2.05) is 23.3 Å². The lowest BCUT2D eigenvalue weighted by Gasteiger charge is -2.43. The first-order chi connectivity index (χ1) is 15.3. The van der Waals surface area contributed by atoms with Gasteiger partial charge in [-0.3, -0.25) is 14.6 Å². The van der Waals surface area contributed by atoms with Gasteiger partial charge in [0.15, 0.2) is 0 Å². The first-order valence-electron chi connectivity index (χ1n) is 11.5. The molecule has 0 atom stereocenters. The average molecular weight is 417 g/mol. The minimum atomic E-state index is 0.187. The fourth-order valence-electron chi connectivity index (χ4n) is 5.06. The van der Waals surface area contributed by atoms with Gasteiger partial charge in [0, 0.05) is 55.6 Å². The van der Waals surface area contributed by atoms with Gasteiger partial charge >= 0.3 is 0 Å². The third-order valence-corrected chi connectivity index (χ3v) is 7.41. The molecule has 0 N–H and O–H groups in total. The Labute approximate surface area is 182 Å². The van der Waals surface area contributed by atoms with Gasteiger partial charge in [0.05, 0.1) is 35.2 Å². The molecule has 0 unspecified atom stereocenters. The second-order valence-electron chi connectivity index (χ2n) is 9.27. The number of hydrogen-bond donors (Lipinski definition) is 0. The Hall–Kier alpha value is -2.80. The van der Waals surface area contributed by atoms with Crippen molar-refractivity contribution < 1.29 is 4.79 Å². The van der Waals surface area contributed by atoms with Gasteiger partial charge in [-0.05, 0) is 43.9 Å². The van der Waals surface area contributed by atoms with Crippen LogP contribution in [0.25, 0.3) is 22.3 Å². The van der Waals surface area contributed by atoms with Crippen LogP contribution in [0.5, 0.6) is 0 Å². The lowest BCUT2D eigenvalue weighted by atomic mass is 9.81. The predicted octanol–water partition coefficient (Wildman–Crippen LogP) is 3.32. The zero-order valence-corrected chi connectivity index (χ0v) is 17.7.